The highest BCUT2D eigenvalue weighted by Gasteiger charge is 2.70. The van der Waals surface area contributed by atoms with Gasteiger partial charge in [-0.05, 0) is 49.4 Å². The lowest BCUT2D eigenvalue weighted by Crippen LogP contribution is -2.60. The first-order valence-electron chi connectivity index (χ1n) is 10.1. The highest BCUT2D eigenvalue weighted by atomic mass is 16.6. The number of rotatable bonds is 7. The average molecular weight is 353 g/mol. The Labute approximate surface area is 152 Å². The molecule has 25 heavy (non-hydrogen) atoms. The van der Waals surface area contributed by atoms with E-state index in [1.807, 2.05) is 0 Å². The summed E-state index contributed by atoms with van der Waals surface area (Å²) in [5.41, 5.74) is 0.323. The lowest BCUT2D eigenvalue weighted by Gasteiger charge is -2.62. The van der Waals surface area contributed by atoms with E-state index in [0.29, 0.717) is 18.4 Å². The number of ether oxygens (including phenoxy) is 2. The van der Waals surface area contributed by atoms with Crippen molar-refractivity contribution in [3.63, 3.8) is 0 Å². The van der Waals surface area contributed by atoms with Crippen molar-refractivity contribution < 1.29 is 19.4 Å². The molecule has 1 saturated heterocycles. The third kappa shape index (κ3) is 3.62. The maximum Gasteiger partial charge on any atom is 0.308 e. The highest BCUT2D eigenvalue weighted by molar-refractivity contribution is 5.72. The molecule has 3 aliphatic rings. The molecule has 4 heteroatoms. The first-order valence-corrected chi connectivity index (χ1v) is 10.1. The van der Waals surface area contributed by atoms with Crippen LogP contribution in [-0.2, 0) is 14.3 Å². The van der Waals surface area contributed by atoms with Crippen molar-refractivity contribution in [2.24, 2.45) is 34.5 Å². The number of aliphatic hydroxyl groups is 1. The molecule has 3 fully saturated rings. The van der Waals surface area contributed by atoms with Crippen LogP contribution in [0.4, 0.5) is 0 Å². The maximum atomic E-state index is 12.6. The Kier molecular flexibility index (Phi) is 5.25. The highest BCUT2D eigenvalue weighted by Crippen LogP contribution is 2.71. The SMILES string of the molecule is CC(C)CC(CC(C)(C)C)C(=O)OCCC1OC(O)C2CC3CCC312. The summed E-state index contributed by atoms with van der Waals surface area (Å²) in [5.74, 6) is 1.45. The van der Waals surface area contributed by atoms with Gasteiger partial charge in [-0.25, -0.2) is 0 Å². The normalized spacial score (nSPS) is 37.7. The second-order valence-electron chi connectivity index (χ2n) is 10.3. The van der Waals surface area contributed by atoms with Gasteiger partial charge in [0.2, 0.25) is 0 Å². The van der Waals surface area contributed by atoms with Crippen LogP contribution in [0.3, 0.4) is 0 Å². The van der Waals surface area contributed by atoms with Crippen molar-refractivity contribution in [3.05, 3.63) is 0 Å². The van der Waals surface area contributed by atoms with Gasteiger partial charge in [0.25, 0.3) is 0 Å². The fourth-order valence-electron chi connectivity index (χ4n) is 5.60. The zero-order valence-electron chi connectivity index (χ0n) is 16.6. The van der Waals surface area contributed by atoms with Crippen molar-refractivity contribution in [1.82, 2.24) is 0 Å². The van der Waals surface area contributed by atoms with Gasteiger partial charge in [-0.3, -0.25) is 4.79 Å². The number of carbonyl (C=O) groups excluding carboxylic acids is 1. The molecule has 3 rings (SSSR count). The number of aliphatic hydroxyl groups excluding tert-OH is 1. The smallest absolute Gasteiger partial charge is 0.308 e. The number of esters is 1. The Bertz CT molecular complexity index is 495. The van der Waals surface area contributed by atoms with Crippen LogP contribution in [0.25, 0.3) is 0 Å². The van der Waals surface area contributed by atoms with Crippen molar-refractivity contribution >= 4 is 5.97 Å². The first kappa shape index (κ1) is 19.2. The van der Waals surface area contributed by atoms with E-state index in [4.69, 9.17) is 9.47 Å². The van der Waals surface area contributed by atoms with Gasteiger partial charge in [-0.2, -0.15) is 0 Å². The molecule has 0 aromatic rings. The lowest BCUT2D eigenvalue weighted by atomic mass is 9.41. The molecule has 1 aliphatic heterocycles. The van der Waals surface area contributed by atoms with Crippen LogP contribution < -0.4 is 0 Å². The van der Waals surface area contributed by atoms with Crippen LogP contribution in [0.2, 0.25) is 0 Å². The van der Waals surface area contributed by atoms with Gasteiger partial charge in [0.15, 0.2) is 6.29 Å². The summed E-state index contributed by atoms with van der Waals surface area (Å²) in [4.78, 5) is 12.6. The molecule has 1 N–H and O–H groups in total. The van der Waals surface area contributed by atoms with Crippen molar-refractivity contribution in [3.8, 4) is 0 Å². The molecule has 1 heterocycles. The van der Waals surface area contributed by atoms with Crippen molar-refractivity contribution in [2.45, 2.75) is 85.5 Å². The van der Waals surface area contributed by atoms with E-state index in [1.54, 1.807) is 0 Å². The lowest BCUT2D eigenvalue weighted by molar-refractivity contribution is -0.160. The van der Waals surface area contributed by atoms with Crippen molar-refractivity contribution in [1.29, 1.82) is 0 Å². The molecule has 0 amide bonds. The van der Waals surface area contributed by atoms with Crippen molar-refractivity contribution in [2.75, 3.05) is 6.61 Å². The van der Waals surface area contributed by atoms with Crippen LogP contribution >= 0.6 is 0 Å². The fourth-order valence-corrected chi connectivity index (χ4v) is 5.60. The fraction of sp³-hybridized carbons (Fsp3) is 0.952. The molecule has 0 radical (unpaired) electrons. The number of hydrogen-bond acceptors (Lipinski definition) is 4. The quantitative estimate of drug-likeness (QED) is 0.699. The second kappa shape index (κ2) is 6.84. The summed E-state index contributed by atoms with van der Waals surface area (Å²) in [5, 5.41) is 10.1. The van der Waals surface area contributed by atoms with E-state index in [9.17, 15) is 9.90 Å². The minimum atomic E-state index is -0.605. The molecule has 1 spiro atoms. The van der Waals surface area contributed by atoms with E-state index >= 15 is 0 Å². The topological polar surface area (TPSA) is 55.8 Å². The molecule has 6 atom stereocenters. The third-order valence-corrected chi connectivity index (χ3v) is 6.73. The second-order valence-corrected chi connectivity index (χ2v) is 10.3. The minimum Gasteiger partial charge on any atom is -0.465 e. The Morgan fingerprint density at radius 2 is 2.08 bits per heavy atom. The summed E-state index contributed by atoms with van der Waals surface area (Å²) in [6.45, 7) is 11.2. The molecule has 144 valence electrons. The van der Waals surface area contributed by atoms with Gasteiger partial charge in [0, 0.05) is 17.8 Å². The van der Waals surface area contributed by atoms with E-state index < -0.39 is 6.29 Å². The predicted molar refractivity (Wildman–Crippen MR) is 96.7 cm³/mol. The van der Waals surface area contributed by atoms with Gasteiger partial charge in [-0.15, -0.1) is 0 Å². The Morgan fingerprint density at radius 1 is 1.36 bits per heavy atom. The standard InChI is InChI=1S/C21H36O4/c1-13(2)10-14(12-20(3,4)5)18(22)24-9-7-17-21-8-6-15(21)11-16(21)19(23)25-17/h13-17,19,23H,6-12H2,1-5H3. The van der Waals surface area contributed by atoms with E-state index in [2.05, 4.69) is 34.6 Å². The maximum absolute atomic E-state index is 12.6. The third-order valence-electron chi connectivity index (χ3n) is 6.73. The summed E-state index contributed by atoms with van der Waals surface area (Å²) in [7, 11) is 0. The van der Waals surface area contributed by atoms with Crippen LogP contribution in [0.15, 0.2) is 0 Å². The van der Waals surface area contributed by atoms with Gasteiger partial charge in [0.1, 0.15) is 0 Å². The Hall–Kier alpha value is -0.610. The molecule has 2 aliphatic carbocycles. The van der Waals surface area contributed by atoms with Crippen LogP contribution in [-0.4, -0.2) is 30.1 Å². The zero-order chi connectivity index (χ0) is 18.4. The average Bonchev–Trinajstić information content (AvgIpc) is 2.72. The number of hydrogen-bond donors (Lipinski definition) is 1. The predicted octanol–water partition coefficient (Wildman–Crippen LogP) is 4.15. The minimum absolute atomic E-state index is 0.0267. The van der Waals surface area contributed by atoms with Gasteiger partial charge >= 0.3 is 5.97 Å². The monoisotopic (exact) mass is 352 g/mol. The van der Waals surface area contributed by atoms with Crippen LogP contribution in [0.5, 0.6) is 0 Å². The molecule has 2 saturated carbocycles. The van der Waals surface area contributed by atoms with E-state index in [0.717, 1.165) is 38.0 Å². The van der Waals surface area contributed by atoms with Crippen LogP contribution in [0, 0.1) is 34.5 Å². The summed E-state index contributed by atoms with van der Waals surface area (Å²) in [6.07, 6.45) is 5.47. The largest absolute Gasteiger partial charge is 0.465 e. The molecule has 0 aromatic carbocycles. The Balaban J connectivity index is 1.49. The molecular formula is C21H36O4. The molecule has 0 aromatic heterocycles. The van der Waals surface area contributed by atoms with E-state index in [-0.39, 0.29) is 28.8 Å². The molecular weight excluding hydrogens is 316 g/mol. The first-order chi connectivity index (χ1) is 11.6. The van der Waals surface area contributed by atoms with Crippen LogP contribution in [0.1, 0.15) is 73.1 Å². The molecule has 4 nitrogen and oxygen atoms in total. The summed E-state index contributed by atoms with van der Waals surface area (Å²) >= 11 is 0. The van der Waals surface area contributed by atoms with Gasteiger partial charge in [-0.1, -0.05) is 34.6 Å². The summed E-state index contributed by atoms with van der Waals surface area (Å²) in [6, 6.07) is 0. The van der Waals surface area contributed by atoms with Gasteiger partial charge in [0.05, 0.1) is 18.6 Å². The summed E-state index contributed by atoms with van der Waals surface area (Å²) < 4.78 is 11.5. The molecule has 0 bridgehead atoms. The molecule has 6 unspecified atom stereocenters. The zero-order valence-corrected chi connectivity index (χ0v) is 16.6. The number of carbonyl (C=O) groups is 1. The Morgan fingerprint density at radius 3 is 2.60 bits per heavy atom. The van der Waals surface area contributed by atoms with E-state index in [1.165, 1.54) is 6.42 Å². The van der Waals surface area contributed by atoms with Gasteiger partial charge < -0.3 is 14.6 Å².